The van der Waals surface area contributed by atoms with Crippen molar-refractivity contribution in [2.24, 2.45) is 0 Å². The van der Waals surface area contributed by atoms with Crippen molar-refractivity contribution >= 4 is 39.1 Å². The minimum absolute atomic E-state index is 0.298. The van der Waals surface area contributed by atoms with E-state index in [0.717, 1.165) is 15.7 Å². The van der Waals surface area contributed by atoms with Crippen molar-refractivity contribution in [3.63, 3.8) is 0 Å². The monoisotopic (exact) mass is 367 g/mol. The molecule has 0 bridgehead atoms. The average molecular weight is 369 g/mol. The Morgan fingerprint density at radius 1 is 0.950 bits per heavy atom. The molecule has 1 aromatic heterocycles. The number of nitrogens with zero attached hydrogens (tertiary/aromatic N) is 3. The van der Waals surface area contributed by atoms with Gasteiger partial charge in [-0.05, 0) is 45.7 Å². The molecule has 0 unspecified atom stereocenters. The highest BCUT2D eigenvalue weighted by Gasteiger charge is 2.16. The van der Waals surface area contributed by atoms with Gasteiger partial charge >= 0.3 is 0 Å². The minimum Gasteiger partial charge on any atom is -0.265 e. The van der Waals surface area contributed by atoms with Crippen LogP contribution in [0.2, 0.25) is 10.3 Å². The Labute approximate surface area is 134 Å². The highest BCUT2D eigenvalue weighted by Crippen LogP contribution is 2.31. The zero-order valence-corrected chi connectivity index (χ0v) is 13.2. The smallest absolute Gasteiger partial charge is 0.229 e. The van der Waals surface area contributed by atoms with Crippen LogP contribution < -0.4 is 0 Å². The molecule has 3 aromatic rings. The summed E-state index contributed by atoms with van der Waals surface area (Å²) in [6.07, 6.45) is 0. The topological polar surface area (TPSA) is 30.7 Å². The van der Waals surface area contributed by atoms with Crippen LogP contribution in [-0.2, 0) is 0 Å². The lowest BCUT2D eigenvalue weighted by atomic mass is 10.2. The van der Waals surface area contributed by atoms with Crippen molar-refractivity contribution in [1.29, 1.82) is 0 Å². The lowest BCUT2D eigenvalue weighted by molar-refractivity contribution is 1.06. The first-order valence-corrected chi connectivity index (χ1v) is 7.33. The van der Waals surface area contributed by atoms with Gasteiger partial charge in [0.2, 0.25) is 5.28 Å². The Bertz CT molecular complexity index is 756. The Balaban J connectivity index is 2.22. The molecule has 3 rings (SSSR count). The van der Waals surface area contributed by atoms with E-state index in [1.807, 2.05) is 42.5 Å². The van der Waals surface area contributed by atoms with E-state index in [4.69, 9.17) is 23.2 Å². The van der Waals surface area contributed by atoms with E-state index in [1.165, 1.54) is 0 Å². The fourth-order valence-corrected chi connectivity index (χ4v) is 2.98. The number of rotatable bonds is 2. The van der Waals surface area contributed by atoms with Crippen LogP contribution in [0, 0.1) is 0 Å². The molecule has 6 heteroatoms. The molecule has 0 N–H and O–H groups in total. The van der Waals surface area contributed by atoms with Crippen LogP contribution >= 0.6 is 39.1 Å². The maximum Gasteiger partial charge on any atom is 0.229 e. The molecule has 0 aliphatic carbocycles. The van der Waals surface area contributed by atoms with Gasteiger partial charge in [-0.3, -0.25) is 4.57 Å². The van der Waals surface area contributed by atoms with Gasteiger partial charge in [0, 0.05) is 15.1 Å². The average Bonchev–Trinajstić information content (AvgIpc) is 2.82. The second-order valence-corrected chi connectivity index (χ2v) is 5.72. The summed E-state index contributed by atoms with van der Waals surface area (Å²) in [5.41, 5.74) is 1.78. The summed E-state index contributed by atoms with van der Waals surface area (Å²) < 4.78 is 2.60. The van der Waals surface area contributed by atoms with Crippen molar-refractivity contribution in [3.05, 3.63) is 63.3 Å². The van der Waals surface area contributed by atoms with Crippen LogP contribution in [0.4, 0.5) is 0 Å². The second kappa shape index (κ2) is 5.56. The van der Waals surface area contributed by atoms with Crippen molar-refractivity contribution in [2.45, 2.75) is 0 Å². The third kappa shape index (κ3) is 2.46. The van der Waals surface area contributed by atoms with Crippen molar-refractivity contribution in [1.82, 2.24) is 14.8 Å². The molecule has 0 fully saturated rings. The molecule has 1 heterocycles. The number of hydrogen-bond donors (Lipinski definition) is 0. The lowest BCUT2D eigenvalue weighted by Crippen LogP contribution is -1.98. The Morgan fingerprint density at radius 3 is 2.40 bits per heavy atom. The number of hydrogen-bond acceptors (Lipinski definition) is 2. The van der Waals surface area contributed by atoms with Crippen molar-refractivity contribution < 1.29 is 0 Å². The molecule has 0 saturated carbocycles. The van der Waals surface area contributed by atoms with E-state index in [9.17, 15) is 0 Å². The number of benzene rings is 2. The molecule has 0 radical (unpaired) electrons. The van der Waals surface area contributed by atoms with Gasteiger partial charge in [0.05, 0.1) is 5.69 Å². The zero-order valence-electron chi connectivity index (χ0n) is 10.1. The fourth-order valence-electron chi connectivity index (χ4n) is 1.92. The molecule has 100 valence electrons. The Morgan fingerprint density at radius 2 is 1.70 bits per heavy atom. The van der Waals surface area contributed by atoms with E-state index in [-0.39, 0.29) is 0 Å². The maximum absolute atomic E-state index is 6.18. The second-order valence-electron chi connectivity index (χ2n) is 4.09. The summed E-state index contributed by atoms with van der Waals surface area (Å²) in [5.74, 6) is 0.679. The maximum atomic E-state index is 6.18. The molecule has 0 saturated heterocycles. The van der Waals surface area contributed by atoms with Gasteiger partial charge in [0.15, 0.2) is 5.82 Å². The highest BCUT2D eigenvalue weighted by molar-refractivity contribution is 9.10. The van der Waals surface area contributed by atoms with E-state index >= 15 is 0 Å². The molecule has 2 aromatic carbocycles. The summed E-state index contributed by atoms with van der Waals surface area (Å²) in [4.78, 5) is 0. The van der Waals surface area contributed by atoms with E-state index < -0.39 is 0 Å². The third-order valence-electron chi connectivity index (χ3n) is 2.81. The van der Waals surface area contributed by atoms with Gasteiger partial charge in [0.25, 0.3) is 0 Å². The molecular formula is C14H8BrCl2N3. The molecule has 0 aliphatic rings. The summed E-state index contributed by atoms with van der Waals surface area (Å²) in [7, 11) is 0. The van der Waals surface area contributed by atoms with Gasteiger partial charge < -0.3 is 0 Å². The van der Waals surface area contributed by atoms with Crippen LogP contribution in [-0.4, -0.2) is 14.8 Å². The highest BCUT2D eigenvalue weighted by atomic mass is 79.9. The SMILES string of the molecule is Clc1ccc(-n2c(Cl)nnc2-c2ccccc2)c(Br)c1. The summed E-state index contributed by atoms with van der Waals surface area (Å²) in [5, 5.41) is 9.05. The van der Waals surface area contributed by atoms with Crippen LogP contribution in [0.1, 0.15) is 0 Å². The molecular weight excluding hydrogens is 361 g/mol. The molecule has 0 spiro atoms. The Hall–Kier alpha value is -1.36. The zero-order chi connectivity index (χ0) is 14.1. The first kappa shape index (κ1) is 13.6. The largest absolute Gasteiger partial charge is 0.265 e. The van der Waals surface area contributed by atoms with Crippen LogP contribution in [0.5, 0.6) is 0 Å². The predicted molar refractivity (Wildman–Crippen MR) is 84.5 cm³/mol. The van der Waals surface area contributed by atoms with Crippen molar-refractivity contribution in [3.8, 4) is 17.1 Å². The van der Waals surface area contributed by atoms with Crippen molar-refractivity contribution in [2.75, 3.05) is 0 Å². The summed E-state index contributed by atoms with van der Waals surface area (Å²) in [6, 6.07) is 15.2. The first-order valence-electron chi connectivity index (χ1n) is 5.78. The normalized spacial score (nSPS) is 10.8. The molecule has 0 atom stereocenters. The van der Waals surface area contributed by atoms with Crippen LogP contribution in [0.25, 0.3) is 17.1 Å². The first-order chi connectivity index (χ1) is 9.66. The quantitative estimate of drug-likeness (QED) is 0.636. The summed E-state index contributed by atoms with van der Waals surface area (Å²) >= 11 is 15.6. The van der Waals surface area contributed by atoms with E-state index in [1.54, 1.807) is 10.6 Å². The van der Waals surface area contributed by atoms with Crippen LogP contribution in [0.3, 0.4) is 0 Å². The van der Waals surface area contributed by atoms with Gasteiger partial charge in [-0.2, -0.15) is 0 Å². The van der Waals surface area contributed by atoms with Gasteiger partial charge in [-0.1, -0.05) is 41.9 Å². The Kier molecular flexibility index (Phi) is 3.78. The molecule has 20 heavy (non-hydrogen) atoms. The lowest BCUT2D eigenvalue weighted by Gasteiger charge is -2.10. The van der Waals surface area contributed by atoms with Gasteiger partial charge in [0.1, 0.15) is 0 Å². The van der Waals surface area contributed by atoms with Crippen LogP contribution in [0.15, 0.2) is 53.0 Å². The van der Waals surface area contributed by atoms with Gasteiger partial charge in [-0.25, -0.2) is 0 Å². The van der Waals surface area contributed by atoms with Gasteiger partial charge in [-0.15, -0.1) is 10.2 Å². The standard InChI is InChI=1S/C14H8BrCl2N3/c15-11-8-10(16)6-7-12(11)20-13(18-19-14(20)17)9-4-2-1-3-5-9/h1-8H. The number of halogens is 3. The minimum atomic E-state index is 0.298. The molecule has 3 nitrogen and oxygen atoms in total. The number of aromatic nitrogens is 3. The molecule has 0 amide bonds. The fraction of sp³-hybridized carbons (Fsp3) is 0. The summed E-state index contributed by atoms with van der Waals surface area (Å²) in [6.45, 7) is 0. The third-order valence-corrected chi connectivity index (χ3v) is 3.92. The van der Waals surface area contributed by atoms with E-state index in [0.29, 0.717) is 16.1 Å². The predicted octanol–water partition coefficient (Wildman–Crippen LogP) is 5.00. The van der Waals surface area contributed by atoms with E-state index in [2.05, 4.69) is 26.1 Å². The molecule has 0 aliphatic heterocycles.